The molecule has 0 atom stereocenters. The summed E-state index contributed by atoms with van der Waals surface area (Å²) in [4.78, 5) is 18.4. The van der Waals surface area contributed by atoms with Crippen molar-refractivity contribution >= 4 is 46.2 Å². The fraction of sp³-hybridized carbons (Fsp3) is 0.250. The first kappa shape index (κ1) is 40.1. The van der Waals surface area contributed by atoms with Gasteiger partial charge in [-0.2, -0.15) is 10.5 Å². The maximum Gasteiger partial charge on any atom is 0.147 e. The highest BCUT2D eigenvalue weighted by Gasteiger charge is 2.24. The Labute approximate surface area is 352 Å². The first-order chi connectivity index (χ1) is 28.1. The molecule has 0 amide bonds. The minimum absolute atomic E-state index is 0.641. The standard InChI is InChI=1S/2C24H23ClN4/c2*1-28(2)20-11-7-17(8-12-20)21-15-23(18-5-9-19(25)10-6-18)27-24(22(21)16-26)29-13-3-4-14-29/h2*5-12,15H,3-4,13-14H2,1-2H3. The molecule has 0 saturated carbocycles. The van der Waals surface area contributed by atoms with E-state index in [4.69, 9.17) is 33.2 Å². The van der Waals surface area contributed by atoms with Crippen LogP contribution in [0.25, 0.3) is 44.8 Å². The van der Waals surface area contributed by atoms with Gasteiger partial charge in [0.15, 0.2) is 0 Å². The fourth-order valence-corrected chi connectivity index (χ4v) is 7.72. The molecule has 2 fully saturated rings. The minimum Gasteiger partial charge on any atom is -0.378 e. The molecule has 2 aliphatic rings. The molecule has 292 valence electrons. The highest BCUT2D eigenvalue weighted by Crippen LogP contribution is 2.38. The smallest absolute Gasteiger partial charge is 0.147 e. The molecule has 58 heavy (non-hydrogen) atoms. The number of hydrogen-bond donors (Lipinski definition) is 0. The average molecular weight is 806 g/mol. The Balaban J connectivity index is 0.000000177. The van der Waals surface area contributed by atoms with E-state index in [2.05, 4.69) is 80.3 Å². The van der Waals surface area contributed by atoms with Gasteiger partial charge in [-0.25, -0.2) is 9.97 Å². The van der Waals surface area contributed by atoms with Crippen LogP contribution in [0.1, 0.15) is 36.8 Å². The van der Waals surface area contributed by atoms with E-state index in [1.54, 1.807) is 0 Å². The maximum absolute atomic E-state index is 10.0. The van der Waals surface area contributed by atoms with Gasteiger partial charge in [-0.1, -0.05) is 71.7 Å². The molecule has 0 aliphatic carbocycles. The minimum atomic E-state index is 0.641. The van der Waals surface area contributed by atoms with Crippen molar-refractivity contribution in [1.82, 2.24) is 9.97 Å². The second kappa shape index (κ2) is 18.0. The Morgan fingerprint density at radius 2 is 0.793 bits per heavy atom. The first-order valence-electron chi connectivity index (χ1n) is 19.6. The number of halogens is 2. The van der Waals surface area contributed by atoms with Crippen molar-refractivity contribution in [2.24, 2.45) is 0 Å². The SMILES string of the molecule is CN(C)c1ccc(-c2cc(-c3ccc(Cl)cc3)nc(N3CCCC3)c2C#N)cc1.CN(C)c1ccc(-c2cc(-c3ccc(Cl)cc3)nc(N3CCCC3)c2C#N)cc1. The first-order valence-corrected chi connectivity index (χ1v) is 20.4. The van der Waals surface area contributed by atoms with Crippen LogP contribution in [0.5, 0.6) is 0 Å². The van der Waals surface area contributed by atoms with Crippen LogP contribution in [0.4, 0.5) is 23.0 Å². The molecule has 4 heterocycles. The van der Waals surface area contributed by atoms with E-state index in [-0.39, 0.29) is 0 Å². The third kappa shape index (κ3) is 8.90. The lowest BCUT2D eigenvalue weighted by atomic mass is 9.97. The number of aromatic nitrogens is 2. The monoisotopic (exact) mass is 804 g/mol. The van der Waals surface area contributed by atoms with Crippen LogP contribution in [-0.4, -0.2) is 64.3 Å². The average Bonchev–Trinajstić information content (AvgIpc) is 4.00. The molecule has 2 aliphatic heterocycles. The quantitative estimate of drug-likeness (QED) is 0.150. The van der Waals surface area contributed by atoms with Crippen LogP contribution >= 0.6 is 23.2 Å². The zero-order valence-corrected chi connectivity index (χ0v) is 34.9. The van der Waals surface area contributed by atoms with E-state index >= 15 is 0 Å². The number of nitriles is 2. The van der Waals surface area contributed by atoms with Crippen LogP contribution in [0, 0.1) is 22.7 Å². The number of anilines is 4. The van der Waals surface area contributed by atoms with Gasteiger partial charge >= 0.3 is 0 Å². The van der Waals surface area contributed by atoms with Crippen LogP contribution in [0.2, 0.25) is 10.0 Å². The lowest BCUT2D eigenvalue weighted by molar-refractivity contribution is 0.936. The second-order valence-electron chi connectivity index (χ2n) is 15.0. The summed E-state index contributed by atoms with van der Waals surface area (Å²) in [6.45, 7) is 3.74. The Morgan fingerprint density at radius 1 is 0.483 bits per heavy atom. The van der Waals surface area contributed by atoms with Gasteiger partial charge in [-0.05, 0) is 97.5 Å². The summed E-state index contributed by atoms with van der Waals surface area (Å²) >= 11 is 12.1. The molecule has 4 aromatic carbocycles. The predicted octanol–water partition coefficient (Wildman–Crippen LogP) is 11.2. The molecule has 8 rings (SSSR count). The molecule has 0 unspecified atom stereocenters. The van der Waals surface area contributed by atoms with E-state index in [0.717, 1.165) is 120 Å². The van der Waals surface area contributed by atoms with Gasteiger partial charge in [0.2, 0.25) is 0 Å². The van der Waals surface area contributed by atoms with E-state index in [0.29, 0.717) is 21.2 Å². The van der Waals surface area contributed by atoms with Crippen molar-refractivity contribution in [3.8, 4) is 56.9 Å². The van der Waals surface area contributed by atoms with Gasteiger partial charge in [0, 0.05) is 98.0 Å². The Morgan fingerprint density at radius 3 is 1.09 bits per heavy atom. The molecular formula is C48H46Cl2N8. The third-order valence-corrected chi connectivity index (χ3v) is 11.2. The molecule has 10 heteroatoms. The topological polar surface area (TPSA) is 86.3 Å². The van der Waals surface area contributed by atoms with Gasteiger partial charge in [-0.15, -0.1) is 0 Å². The summed E-state index contributed by atoms with van der Waals surface area (Å²) in [6.07, 6.45) is 4.52. The van der Waals surface area contributed by atoms with Crippen molar-refractivity contribution in [3.05, 3.63) is 130 Å². The summed E-state index contributed by atoms with van der Waals surface area (Å²) in [7, 11) is 8.08. The highest BCUT2D eigenvalue weighted by atomic mass is 35.5. The van der Waals surface area contributed by atoms with Gasteiger partial charge in [0.05, 0.1) is 11.4 Å². The Hall–Kier alpha value is -6.06. The lowest BCUT2D eigenvalue weighted by Crippen LogP contribution is -2.21. The number of benzene rings is 4. The molecule has 0 bridgehead atoms. The Bertz CT molecular complexity index is 2260. The highest BCUT2D eigenvalue weighted by molar-refractivity contribution is 6.31. The molecule has 8 nitrogen and oxygen atoms in total. The zero-order chi connectivity index (χ0) is 40.8. The maximum atomic E-state index is 10.0. The molecule has 0 N–H and O–H groups in total. The van der Waals surface area contributed by atoms with Gasteiger partial charge < -0.3 is 19.6 Å². The summed E-state index contributed by atoms with van der Waals surface area (Å²) in [5.74, 6) is 1.56. The normalized spacial score (nSPS) is 13.4. The molecule has 0 radical (unpaired) electrons. The summed E-state index contributed by atoms with van der Waals surface area (Å²) < 4.78 is 0. The Kier molecular flexibility index (Phi) is 12.5. The second-order valence-corrected chi connectivity index (χ2v) is 15.9. The lowest BCUT2D eigenvalue weighted by Gasteiger charge is -2.21. The molecule has 2 saturated heterocycles. The van der Waals surface area contributed by atoms with Crippen molar-refractivity contribution in [1.29, 1.82) is 10.5 Å². The van der Waals surface area contributed by atoms with Crippen LogP contribution in [0.3, 0.4) is 0 Å². The van der Waals surface area contributed by atoms with Crippen LogP contribution in [-0.2, 0) is 0 Å². The largest absolute Gasteiger partial charge is 0.378 e. The van der Waals surface area contributed by atoms with Crippen molar-refractivity contribution < 1.29 is 0 Å². The van der Waals surface area contributed by atoms with E-state index < -0.39 is 0 Å². The van der Waals surface area contributed by atoms with E-state index in [1.165, 1.54) is 0 Å². The summed E-state index contributed by atoms with van der Waals surface area (Å²) in [5.41, 5.74) is 11.1. The zero-order valence-electron chi connectivity index (χ0n) is 33.4. The number of hydrogen-bond acceptors (Lipinski definition) is 8. The molecule has 6 aromatic rings. The summed E-state index contributed by atoms with van der Waals surface area (Å²) in [6, 6.07) is 40.9. The van der Waals surface area contributed by atoms with Crippen LogP contribution in [0.15, 0.2) is 109 Å². The van der Waals surface area contributed by atoms with Gasteiger partial charge in [0.1, 0.15) is 34.9 Å². The van der Waals surface area contributed by atoms with Crippen molar-refractivity contribution in [3.63, 3.8) is 0 Å². The number of rotatable bonds is 8. The summed E-state index contributed by atoms with van der Waals surface area (Å²) in [5, 5.41) is 21.4. The third-order valence-electron chi connectivity index (χ3n) is 10.7. The number of pyridine rings is 2. The molecular weight excluding hydrogens is 759 g/mol. The van der Waals surface area contributed by atoms with Gasteiger partial charge in [0.25, 0.3) is 0 Å². The predicted molar refractivity (Wildman–Crippen MR) is 241 cm³/mol. The van der Waals surface area contributed by atoms with Crippen molar-refractivity contribution in [2.45, 2.75) is 25.7 Å². The van der Waals surface area contributed by atoms with Crippen molar-refractivity contribution in [2.75, 3.05) is 74.0 Å². The fourth-order valence-electron chi connectivity index (χ4n) is 7.47. The van der Waals surface area contributed by atoms with E-state index in [9.17, 15) is 10.5 Å². The van der Waals surface area contributed by atoms with Crippen LogP contribution < -0.4 is 19.6 Å². The molecule has 0 spiro atoms. The number of nitrogens with zero attached hydrogens (tertiary/aromatic N) is 8. The van der Waals surface area contributed by atoms with E-state index in [1.807, 2.05) is 88.9 Å². The molecule has 2 aromatic heterocycles. The van der Waals surface area contributed by atoms with Gasteiger partial charge in [-0.3, -0.25) is 0 Å².